The largest absolute Gasteiger partial charge is 0.481 e. The first-order valence-electron chi connectivity index (χ1n) is 10.2. The summed E-state index contributed by atoms with van der Waals surface area (Å²) >= 11 is 0. The van der Waals surface area contributed by atoms with Gasteiger partial charge in [0.15, 0.2) is 0 Å². The van der Waals surface area contributed by atoms with Gasteiger partial charge in [0.2, 0.25) is 6.41 Å². The Morgan fingerprint density at radius 2 is 1.10 bits per heavy atom. The number of rotatable bonds is 23. The van der Waals surface area contributed by atoms with Crippen LogP contribution in [0.25, 0.3) is 0 Å². The number of hydrogen-bond donors (Lipinski definition) is 1. The maximum atomic E-state index is 11.5. The van der Waals surface area contributed by atoms with E-state index in [2.05, 4.69) is 0 Å². The second kappa shape index (κ2) is 22.8. The van der Waals surface area contributed by atoms with Crippen LogP contribution in [0.2, 0.25) is 0 Å². The molecular weight excluding hydrogens is 414 g/mol. The fourth-order valence-corrected chi connectivity index (χ4v) is 1.98. The Morgan fingerprint density at radius 1 is 0.710 bits per heavy atom. The van der Waals surface area contributed by atoms with E-state index in [9.17, 15) is 14.4 Å². The van der Waals surface area contributed by atoms with Gasteiger partial charge in [-0.2, -0.15) is 0 Å². The number of carbonyl (C=O) groups is 3. The Kier molecular flexibility index (Phi) is 21.4. The topological polar surface area (TPSA) is 130 Å². The lowest BCUT2D eigenvalue weighted by atomic mass is 10.4. The quantitative estimate of drug-likeness (QED) is 0.130. The van der Waals surface area contributed by atoms with Gasteiger partial charge in [0, 0.05) is 0 Å². The molecule has 0 saturated heterocycles. The van der Waals surface area contributed by atoms with Crippen molar-refractivity contribution in [2.75, 3.05) is 85.8 Å². The van der Waals surface area contributed by atoms with Crippen LogP contribution in [0.3, 0.4) is 0 Å². The molecule has 0 atom stereocenters. The minimum Gasteiger partial charge on any atom is -0.481 e. The maximum absolute atomic E-state index is 11.5. The van der Waals surface area contributed by atoms with E-state index < -0.39 is 5.97 Å². The van der Waals surface area contributed by atoms with Crippen molar-refractivity contribution in [2.24, 2.45) is 0 Å². The van der Waals surface area contributed by atoms with Crippen LogP contribution in [0.1, 0.15) is 13.3 Å². The third-order valence-corrected chi connectivity index (χ3v) is 3.52. The van der Waals surface area contributed by atoms with Gasteiger partial charge in [-0.25, -0.2) is 0 Å². The number of aliphatic carboxylic acids is 1. The number of imide groups is 1. The van der Waals surface area contributed by atoms with Crippen LogP contribution in [0.15, 0.2) is 12.2 Å². The molecular formula is C20H35NO10. The number of allylic oxidation sites excluding steroid dienone is 1. The highest BCUT2D eigenvalue weighted by Crippen LogP contribution is 1.90. The van der Waals surface area contributed by atoms with E-state index in [0.717, 1.165) is 4.90 Å². The van der Waals surface area contributed by atoms with E-state index in [4.69, 9.17) is 33.5 Å². The molecule has 0 aromatic carbocycles. The zero-order valence-electron chi connectivity index (χ0n) is 18.2. The molecule has 0 heterocycles. The summed E-state index contributed by atoms with van der Waals surface area (Å²) in [6, 6.07) is 0. The highest BCUT2D eigenvalue weighted by Gasteiger charge is 2.08. The van der Waals surface area contributed by atoms with Crippen molar-refractivity contribution >= 4 is 18.3 Å². The summed E-state index contributed by atoms with van der Waals surface area (Å²) in [5.74, 6) is -1.25. The number of carboxylic acid groups (broad SMARTS) is 1. The molecule has 0 radical (unpaired) electrons. The minimum atomic E-state index is -0.883. The van der Waals surface area contributed by atoms with Gasteiger partial charge in [0.1, 0.15) is 0 Å². The Labute approximate surface area is 183 Å². The van der Waals surface area contributed by atoms with Crippen molar-refractivity contribution in [3.05, 3.63) is 12.2 Å². The normalized spacial score (nSPS) is 11.1. The van der Waals surface area contributed by atoms with Gasteiger partial charge in [0.25, 0.3) is 5.91 Å². The molecule has 0 bridgehead atoms. The molecule has 11 heteroatoms. The molecule has 180 valence electrons. The second-order valence-electron chi connectivity index (χ2n) is 5.96. The first-order valence-corrected chi connectivity index (χ1v) is 10.2. The number of hydrogen-bond acceptors (Lipinski definition) is 9. The molecule has 0 rings (SSSR count). The van der Waals surface area contributed by atoms with Crippen molar-refractivity contribution in [1.82, 2.24) is 4.90 Å². The first kappa shape index (κ1) is 29.1. The van der Waals surface area contributed by atoms with Crippen molar-refractivity contribution in [3.63, 3.8) is 0 Å². The fourth-order valence-electron chi connectivity index (χ4n) is 1.98. The Morgan fingerprint density at radius 3 is 1.45 bits per heavy atom. The van der Waals surface area contributed by atoms with Gasteiger partial charge in [-0.15, -0.1) is 0 Å². The second-order valence-corrected chi connectivity index (χ2v) is 5.96. The van der Waals surface area contributed by atoms with Gasteiger partial charge < -0.3 is 33.5 Å². The van der Waals surface area contributed by atoms with E-state index in [1.807, 2.05) is 0 Å². The molecule has 0 unspecified atom stereocenters. The molecule has 0 fully saturated rings. The average molecular weight is 449 g/mol. The van der Waals surface area contributed by atoms with Gasteiger partial charge in [-0.1, -0.05) is 6.08 Å². The number of nitrogens with zero attached hydrogens (tertiary/aromatic N) is 1. The predicted octanol–water partition coefficient (Wildman–Crippen LogP) is 0.122. The third kappa shape index (κ3) is 21.1. The summed E-state index contributed by atoms with van der Waals surface area (Å²) in [4.78, 5) is 33.6. The van der Waals surface area contributed by atoms with Gasteiger partial charge in [-0.3, -0.25) is 19.3 Å². The molecule has 0 aliphatic heterocycles. The Bertz CT molecular complexity index is 487. The monoisotopic (exact) mass is 449 g/mol. The molecule has 2 amide bonds. The molecule has 1 N–H and O–H groups in total. The van der Waals surface area contributed by atoms with Crippen LogP contribution < -0.4 is 0 Å². The van der Waals surface area contributed by atoms with Crippen LogP contribution >= 0.6 is 0 Å². The summed E-state index contributed by atoms with van der Waals surface area (Å²) in [6.07, 6.45) is 3.37. The van der Waals surface area contributed by atoms with E-state index in [-0.39, 0.29) is 32.1 Å². The number of carboxylic acids is 1. The lowest BCUT2D eigenvalue weighted by Gasteiger charge is -2.13. The zero-order chi connectivity index (χ0) is 23.0. The van der Waals surface area contributed by atoms with E-state index in [0.29, 0.717) is 72.5 Å². The highest BCUT2D eigenvalue weighted by atomic mass is 16.6. The summed E-state index contributed by atoms with van der Waals surface area (Å²) in [5, 5.41) is 8.44. The Hall–Kier alpha value is -1.89. The van der Waals surface area contributed by atoms with Crippen LogP contribution in [-0.4, -0.2) is 114 Å². The molecule has 0 aliphatic carbocycles. The molecule has 0 aromatic heterocycles. The minimum absolute atomic E-state index is 0.0101. The van der Waals surface area contributed by atoms with Crippen molar-refractivity contribution in [3.8, 4) is 0 Å². The number of carbonyl (C=O) groups excluding carboxylic acids is 2. The van der Waals surface area contributed by atoms with Gasteiger partial charge in [0.05, 0.1) is 92.2 Å². The SMILES string of the molecule is C/C=C\C(=O)N(C=O)CCOCCOCCOCCOCCOCCOCCC(=O)O. The van der Waals surface area contributed by atoms with Crippen LogP contribution in [-0.2, 0) is 42.8 Å². The van der Waals surface area contributed by atoms with Crippen molar-refractivity contribution in [2.45, 2.75) is 13.3 Å². The van der Waals surface area contributed by atoms with E-state index >= 15 is 0 Å². The number of ether oxygens (including phenoxy) is 6. The summed E-state index contributed by atoms with van der Waals surface area (Å²) in [5.41, 5.74) is 0. The molecule has 0 spiro atoms. The zero-order valence-corrected chi connectivity index (χ0v) is 18.2. The predicted molar refractivity (Wildman–Crippen MR) is 110 cm³/mol. The van der Waals surface area contributed by atoms with Crippen molar-refractivity contribution < 1.29 is 47.9 Å². The van der Waals surface area contributed by atoms with E-state index in [1.54, 1.807) is 13.0 Å². The van der Waals surface area contributed by atoms with Crippen LogP contribution in [0.4, 0.5) is 0 Å². The average Bonchev–Trinajstić information content (AvgIpc) is 2.74. The van der Waals surface area contributed by atoms with Crippen LogP contribution in [0, 0.1) is 0 Å². The molecule has 31 heavy (non-hydrogen) atoms. The first-order chi connectivity index (χ1) is 15.1. The molecule has 0 aromatic rings. The van der Waals surface area contributed by atoms with Crippen molar-refractivity contribution in [1.29, 1.82) is 0 Å². The summed E-state index contributed by atoms with van der Waals surface area (Å²) in [7, 11) is 0. The smallest absolute Gasteiger partial charge is 0.305 e. The Balaban J connectivity index is 3.22. The summed E-state index contributed by atoms with van der Waals surface area (Å²) in [6.45, 7) is 6.45. The third-order valence-electron chi connectivity index (χ3n) is 3.52. The molecule has 11 nitrogen and oxygen atoms in total. The number of amides is 2. The maximum Gasteiger partial charge on any atom is 0.305 e. The lowest BCUT2D eigenvalue weighted by molar-refractivity contribution is -0.138. The van der Waals surface area contributed by atoms with Gasteiger partial charge >= 0.3 is 5.97 Å². The van der Waals surface area contributed by atoms with Crippen LogP contribution in [0.5, 0.6) is 0 Å². The fraction of sp³-hybridized carbons (Fsp3) is 0.750. The van der Waals surface area contributed by atoms with Gasteiger partial charge in [-0.05, 0) is 13.0 Å². The summed E-state index contributed by atoms with van der Waals surface area (Å²) < 4.78 is 31.7. The molecule has 0 aliphatic rings. The lowest BCUT2D eigenvalue weighted by Crippen LogP contribution is -2.31. The standard InChI is InChI=1S/C20H35NO10/c1-2-3-19(23)21(18-22)5-7-27-9-11-29-13-15-31-17-16-30-14-12-28-10-8-26-6-4-20(24)25/h2-3,18H,4-17H2,1H3,(H,24,25)/b3-2-. The highest BCUT2D eigenvalue weighted by molar-refractivity contribution is 5.94. The molecule has 0 saturated carbocycles. The van der Waals surface area contributed by atoms with E-state index in [1.165, 1.54) is 6.08 Å².